The lowest BCUT2D eigenvalue weighted by atomic mass is 10.1. The maximum atomic E-state index is 11.9. The molecule has 0 saturated carbocycles. The molecule has 0 fully saturated rings. The molecule has 0 saturated heterocycles. The Morgan fingerprint density at radius 3 is 2.20 bits per heavy atom. The molecule has 6 nitrogen and oxygen atoms in total. The third-order valence-corrected chi connectivity index (χ3v) is 3.40. The molecule has 1 amide bonds. The number of carbonyl (C=O) groups is 3. The van der Waals surface area contributed by atoms with Crippen LogP contribution in [0.4, 0.5) is 5.69 Å². The normalized spacial score (nSPS) is 9.76. The highest BCUT2D eigenvalue weighted by atomic mass is 35.5. The number of carbonyl (C=O) groups excluding carboxylic acids is 3. The second-order valence-electron chi connectivity index (χ2n) is 4.97. The van der Waals surface area contributed by atoms with Crippen molar-refractivity contribution < 1.29 is 19.1 Å². The van der Waals surface area contributed by atoms with Crippen molar-refractivity contribution in [1.82, 2.24) is 0 Å². The summed E-state index contributed by atoms with van der Waals surface area (Å²) in [7, 11) is 0. The largest absolute Gasteiger partial charge is 0.454 e. The third-order valence-electron chi connectivity index (χ3n) is 3.14. The van der Waals surface area contributed by atoms with E-state index in [2.05, 4.69) is 5.32 Å². The van der Waals surface area contributed by atoms with E-state index in [9.17, 15) is 14.4 Å². The van der Waals surface area contributed by atoms with Gasteiger partial charge in [-0.2, -0.15) is 5.26 Å². The quantitative estimate of drug-likeness (QED) is 0.633. The van der Waals surface area contributed by atoms with Gasteiger partial charge in [-0.3, -0.25) is 9.59 Å². The number of ketones is 1. The van der Waals surface area contributed by atoms with Crippen molar-refractivity contribution in [1.29, 1.82) is 5.26 Å². The molecule has 126 valence electrons. The number of ether oxygens (including phenoxy) is 1. The molecular formula is C18H13ClN2O4. The van der Waals surface area contributed by atoms with E-state index in [-0.39, 0.29) is 24.4 Å². The number of hydrogen-bond acceptors (Lipinski definition) is 5. The van der Waals surface area contributed by atoms with Gasteiger partial charge in [0.25, 0.3) is 0 Å². The number of nitrogens with zero attached hydrogens (tertiary/aromatic N) is 1. The van der Waals surface area contributed by atoms with Gasteiger partial charge in [0.15, 0.2) is 12.4 Å². The summed E-state index contributed by atoms with van der Waals surface area (Å²) in [6, 6.07) is 13.9. The predicted molar refractivity (Wildman–Crippen MR) is 91.4 cm³/mol. The number of rotatable bonds is 6. The van der Waals surface area contributed by atoms with E-state index in [1.54, 1.807) is 30.3 Å². The summed E-state index contributed by atoms with van der Waals surface area (Å²) >= 11 is 5.75. The molecule has 0 radical (unpaired) electrons. The van der Waals surface area contributed by atoms with Crippen LogP contribution in [-0.2, 0) is 9.53 Å². The van der Waals surface area contributed by atoms with Crippen molar-refractivity contribution in [2.45, 2.75) is 6.42 Å². The van der Waals surface area contributed by atoms with Crippen molar-refractivity contribution in [2.24, 2.45) is 0 Å². The fraction of sp³-hybridized carbons (Fsp3) is 0.111. The minimum absolute atomic E-state index is 0.238. The van der Waals surface area contributed by atoms with Gasteiger partial charge in [0, 0.05) is 16.3 Å². The Morgan fingerprint density at radius 1 is 1.00 bits per heavy atom. The van der Waals surface area contributed by atoms with Gasteiger partial charge in [-0.15, -0.1) is 0 Å². The van der Waals surface area contributed by atoms with Gasteiger partial charge in [-0.05, 0) is 48.5 Å². The summed E-state index contributed by atoms with van der Waals surface area (Å²) in [5.74, 6) is -1.44. The summed E-state index contributed by atoms with van der Waals surface area (Å²) in [4.78, 5) is 35.2. The molecule has 0 unspecified atom stereocenters. The van der Waals surface area contributed by atoms with Crippen molar-refractivity contribution in [3.05, 3.63) is 64.7 Å². The molecule has 25 heavy (non-hydrogen) atoms. The van der Waals surface area contributed by atoms with E-state index < -0.39 is 11.9 Å². The SMILES string of the molecule is N#CCC(=O)Nc1ccc(C(=O)OCC(=O)c2ccc(Cl)cc2)cc1. The number of amides is 1. The molecule has 2 rings (SSSR count). The van der Waals surface area contributed by atoms with Crippen LogP contribution in [0.1, 0.15) is 27.1 Å². The van der Waals surface area contributed by atoms with E-state index in [1.165, 1.54) is 24.3 Å². The first-order chi connectivity index (χ1) is 12.0. The molecule has 7 heteroatoms. The first kappa shape index (κ1) is 18.2. The Bertz CT molecular complexity index is 824. The second-order valence-corrected chi connectivity index (χ2v) is 5.40. The number of anilines is 1. The second kappa shape index (κ2) is 8.62. The average molecular weight is 357 g/mol. The number of benzene rings is 2. The Kier molecular flexibility index (Phi) is 6.26. The highest BCUT2D eigenvalue weighted by molar-refractivity contribution is 6.30. The minimum Gasteiger partial charge on any atom is -0.454 e. The molecule has 0 heterocycles. The predicted octanol–water partition coefficient (Wildman–Crippen LogP) is 3.23. The topological polar surface area (TPSA) is 96.3 Å². The Labute approximate surface area is 149 Å². The minimum atomic E-state index is -0.655. The van der Waals surface area contributed by atoms with Crippen LogP contribution in [0.5, 0.6) is 0 Å². The zero-order valence-corrected chi connectivity index (χ0v) is 13.7. The molecule has 0 aliphatic rings. The summed E-state index contributed by atoms with van der Waals surface area (Å²) in [6.45, 7) is -0.388. The monoisotopic (exact) mass is 356 g/mol. The average Bonchev–Trinajstić information content (AvgIpc) is 2.61. The maximum Gasteiger partial charge on any atom is 0.338 e. The van der Waals surface area contributed by atoms with Crippen LogP contribution in [0.25, 0.3) is 0 Å². The van der Waals surface area contributed by atoms with Gasteiger partial charge in [-0.25, -0.2) is 4.79 Å². The first-order valence-corrected chi connectivity index (χ1v) is 7.60. The van der Waals surface area contributed by atoms with Crippen LogP contribution in [-0.4, -0.2) is 24.3 Å². The summed E-state index contributed by atoms with van der Waals surface area (Å²) < 4.78 is 4.98. The van der Waals surface area contributed by atoms with Gasteiger partial charge in [0.1, 0.15) is 6.42 Å². The lowest BCUT2D eigenvalue weighted by Crippen LogP contribution is -2.14. The van der Waals surface area contributed by atoms with Crippen molar-refractivity contribution in [2.75, 3.05) is 11.9 Å². The summed E-state index contributed by atoms with van der Waals surface area (Å²) in [6.07, 6.45) is -0.253. The highest BCUT2D eigenvalue weighted by Crippen LogP contribution is 2.12. The first-order valence-electron chi connectivity index (χ1n) is 7.22. The van der Waals surface area contributed by atoms with Crippen LogP contribution >= 0.6 is 11.6 Å². The van der Waals surface area contributed by atoms with Gasteiger partial charge in [-0.1, -0.05) is 11.6 Å². The summed E-state index contributed by atoms with van der Waals surface area (Å²) in [5.41, 5.74) is 1.09. The fourth-order valence-corrected chi connectivity index (χ4v) is 2.03. The third kappa shape index (κ3) is 5.44. The summed E-state index contributed by atoms with van der Waals surface area (Å²) in [5, 5.41) is 11.4. The lowest BCUT2D eigenvalue weighted by molar-refractivity contribution is -0.115. The zero-order chi connectivity index (χ0) is 18.2. The smallest absolute Gasteiger partial charge is 0.338 e. The molecule has 2 aromatic rings. The highest BCUT2D eigenvalue weighted by Gasteiger charge is 2.12. The lowest BCUT2D eigenvalue weighted by Gasteiger charge is -2.06. The molecule has 2 aromatic carbocycles. The fourth-order valence-electron chi connectivity index (χ4n) is 1.90. The zero-order valence-electron chi connectivity index (χ0n) is 13.0. The molecule has 0 spiro atoms. The molecule has 0 bridgehead atoms. The molecular weight excluding hydrogens is 344 g/mol. The van der Waals surface area contributed by atoms with Crippen LogP contribution in [0.3, 0.4) is 0 Å². The number of esters is 1. The van der Waals surface area contributed by atoms with E-state index in [0.29, 0.717) is 16.3 Å². The van der Waals surface area contributed by atoms with Crippen LogP contribution in [0, 0.1) is 11.3 Å². The maximum absolute atomic E-state index is 11.9. The van der Waals surface area contributed by atoms with E-state index in [4.69, 9.17) is 21.6 Å². The number of Topliss-reactive ketones (excluding diaryl/α,β-unsaturated/α-hetero) is 1. The molecule has 0 aromatic heterocycles. The Morgan fingerprint density at radius 2 is 1.60 bits per heavy atom. The standard InChI is InChI=1S/C18H13ClN2O4/c19-14-5-1-12(2-6-14)16(22)11-25-18(24)13-3-7-15(8-4-13)21-17(23)9-10-20/h1-8H,9,11H2,(H,21,23). The number of nitrogens with one attached hydrogen (secondary N) is 1. The number of halogens is 1. The van der Waals surface area contributed by atoms with Crippen molar-refractivity contribution >= 4 is 34.9 Å². The van der Waals surface area contributed by atoms with Gasteiger partial charge in [0.2, 0.25) is 5.91 Å². The number of nitriles is 1. The van der Waals surface area contributed by atoms with Gasteiger partial charge < -0.3 is 10.1 Å². The molecule has 0 aliphatic carbocycles. The van der Waals surface area contributed by atoms with Crippen molar-refractivity contribution in [3.8, 4) is 6.07 Å². The van der Waals surface area contributed by atoms with Crippen LogP contribution in [0.15, 0.2) is 48.5 Å². The molecule has 0 atom stereocenters. The van der Waals surface area contributed by atoms with Gasteiger partial charge in [0.05, 0.1) is 11.6 Å². The van der Waals surface area contributed by atoms with E-state index in [0.717, 1.165) is 0 Å². The molecule has 0 aliphatic heterocycles. The van der Waals surface area contributed by atoms with Crippen LogP contribution < -0.4 is 5.32 Å². The van der Waals surface area contributed by atoms with E-state index in [1.807, 2.05) is 0 Å². The van der Waals surface area contributed by atoms with Crippen molar-refractivity contribution in [3.63, 3.8) is 0 Å². The molecule has 1 N–H and O–H groups in total. The van der Waals surface area contributed by atoms with Gasteiger partial charge >= 0.3 is 5.97 Å². The Hall–Kier alpha value is -3.17. The number of hydrogen-bond donors (Lipinski definition) is 1. The van der Waals surface area contributed by atoms with E-state index >= 15 is 0 Å². The Balaban J connectivity index is 1.90. The van der Waals surface area contributed by atoms with Crippen LogP contribution in [0.2, 0.25) is 5.02 Å².